The van der Waals surface area contributed by atoms with Crippen LogP contribution in [-0.4, -0.2) is 290 Å². The highest BCUT2D eigenvalue weighted by Crippen LogP contribution is 2.23. The summed E-state index contributed by atoms with van der Waals surface area (Å²) in [4.78, 5) is 245. The molecule has 0 radical (unpaired) electrons. The van der Waals surface area contributed by atoms with E-state index in [1.54, 1.807) is 105 Å². The number of rotatable bonds is 28. The first-order chi connectivity index (χ1) is 59.9. The number of carboxylic acid groups (broad SMARTS) is 1. The third-order valence-electron chi connectivity index (χ3n) is 20.8. The number of nitrogens with zero attached hydrogens (tertiary/aromatic N) is 4. The number of hydrogen-bond acceptors (Lipinski definition) is 22. The molecule has 2 aromatic heterocycles. The van der Waals surface area contributed by atoms with Gasteiger partial charge >= 0.3 is 5.97 Å². The van der Waals surface area contributed by atoms with Gasteiger partial charge in [0.05, 0.1) is 31.7 Å². The summed E-state index contributed by atoms with van der Waals surface area (Å²) in [6.07, 6.45) is 1.68. The Morgan fingerprint density at radius 2 is 0.992 bits per heavy atom. The van der Waals surface area contributed by atoms with Gasteiger partial charge in [-0.1, -0.05) is 92.7 Å². The van der Waals surface area contributed by atoms with E-state index < -0.39 is 216 Å². The molecule has 0 saturated carbocycles. The summed E-state index contributed by atoms with van der Waals surface area (Å²) >= 11 is 0.743. The summed E-state index contributed by atoms with van der Waals surface area (Å²) < 4.78 is 0. The number of primary amides is 1. The number of imidazole rings is 1. The predicted molar refractivity (Wildman–Crippen MR) is 464 cm³/mol. The fourth-order valence-electron chi connectivity index (χ4n) is 13.6. The Morgan fingerprint density at radius 1 is 0.524 bits per heavy atom. The van der Waals surface area contributed by atoms with Gasteiger partial charge in [-0.3, -0.25) is 87.5 Å². The number of nitrogens with one attached hydrogen (secondary N) is 17. The van der Waals surface area contributed by atoms with E-state index in [1.807, 2.05) is 0 Å². The molecular weight excluding hydrogens is 1660 g/mol. The third kappa shape index (κ3) is 32.8. The Morgan fingerprint density at radius 3 is 1.54 bits per heavy atom. The Kier molecular flexibility index (Phi) is 41.2. The van der Waals surface area contributed by atoms with E-state index in [2.05, 4.69) is 84.1 Å². The van der Waals surface area contributed by atoms with Crippen LogP contribution in [0.15, 0.2) is 104 Å². The Labute approximate surface area is 732 Å². The first kappa shape index (κ1) is 102. The molecule has 0 spiro atoms. The molecule has 3 aromatic carbocycles. The topological polar surface area (TPSA) is 676 Å². The lowest BCUT2D eigenvalue weighted by molar-refractivity contribution is -0.148. The smallest absolute Gasteiger partial charge is 0.305 e. The molecule has 686 valence electrons. The highest BCUT2D eigenvalue weighted by Gasteiger charge is 2.41. The van der Waals surface area contributed by atoms with Gasteiger partial charge in [0.1, 0.15) is 78.5 Å². The maximum Gasteiger partial charge on any atom is 0.305 e. The molecule has 3 heterocycles. The molecule has 5 aromatic rings. The van der Waals surface area contributed by atoms with E-state index in [1.165, 1.54) is 47.5 Å². The predicted octanol–water partition coefficient (Wildman–Crippen LogP) is -4.95. The van der Waals surface area contributed by atoms with Gasteiger partial charge in [-0.05, 0) is 100 Å². The zero-order valence-corrected chi connectivity index (χ0v) is 72.3. The number of hydrogen-bond donors (Lipinski definition) is 23. The van der Waals surface area contributed by atoms with Crippen molar-refractivity contribution in [3.05, 3.63) is 126 Å². The van der Waals surface area contributed by atoms with Crippen molar-refractivity contribution >= 4 is 129 Å². The number of H-pyrrole nitrogens is 2. The number of para-hydroxylation sites is 1. The second-order valence-corrected chi connectivity index (χ2v) is 32.0. The molecule has 126 heavy (non-hydrogen) atoms. The number of fused-ring (bicyclic) bond motifs is 1. The molecule has 1 aliphatic rings. The van der Waals surface area contributed by atoms with Gasteiger partial charge in [-0.2, -0.15) is 0 Å². The van der Waals surface area contributed by atoms with Crippen LogP contribution < -0.4 is 92.1 Å². The molecule has 6 rings (SSSR count). The first-order valence-corrected chi connectivity index (χ1v) is 42.3. The van der Waals surface area contributed by atoms with Crippen molar-refractivity contribution in [2.24, 2.45) is 28.9 Å². The normalized spacial score (nSPS) is 23.1. The van der Waals surface area contributed by atoms with Gasteiger partial charge in [-0.15, -0.1) is 11.8 Å². The quantitative estimate of drug-likeness (QED) is 0.0127. The van der Waals surface area contributed by atoms with Crippen LogP contribution in [0.25, 0.3) is 10.9 Å². The van der Waals surface area contributed by atoms with Crippen LogP contribution in [0.2, 0.25) is 0 Å². The van der Waals surface area contributed by atoms with Crippen molar-refractivity contribution in [2.75, 3.05) is 65.4 Å². The second kappa shape index (κ2) is 51.1. The number of carboxylic acids is 1. The van der Waals surface area contributed by atoms with E-state index >= 15 is 19.2 Å². The summed E-state index contributed by atoms with van der Waals surface area (Å²) in [5, 5.41) is 70.5. The summed E-state index contributed by atoms with van der Waals surface area (Å²) in [5.41, 5.74) is 24.9. The van der Waals surface area contributed by atoms with Crippen LogP contribution in [-0.2, 0) is 102 Å². The van der Waals surface area contributed by atoms with E-state index in [9.17, 15) is 67.7 Å². The van der Waals surface area contributed by atoms with Crippen molar-refractivity contribution in [1.29, 1.82) is 10.8 Å². The molecule has 27 N–H and O–H groups in total. The zero-order valence-electron chi connectivity index (χ0n) is 71.5. The molecule has 15 amide bonds. The minimum absolute atomic E-state index is 0.0107. The maximum absolute atomic E-state index is 15.3. The van der Waals surface area contributed by atoms with Gasteiger partial charge in [-0.25, -0.2) is 4.98 Å². The van der Waals surface area contributed by atoms with E-state index in [0.29, 0.717) is 33.3 Å². The van der Waals surface area contributed by atoms with E-state index in [-0.39, 0.29) is 103 Å². The number of likely N-dealkylation sites (N-methyl/N-ethyl adjacent to an activating group) is 3. The Balaban J connectivity index is 1.47. The number of carbonyl (C=O) groups is 16. The Hall–Kier alpha value is -13.3. The van der Waals surface area contributed by atoms with Crippen LogP contribution in [0.4, 0.5) is 0 Å². The monoisotopic (exact) mass is 1770 g/mol. The molecule has 0 bridgehead atoms. The van der Waals surface area contributed by atoms with Crippen molar-refractivity contribution in [2.45, 2.75) is 190 Å². The van der Waals surface area contributed by atoms with Crippen molar-refractivity contribution in [1.82, 2.24) is 98.8 Å². The number of aliphatic carboxylic acids is 1. The number of amides is 15. The molecule has 1 aliphatic heterocycles. The van der Waals surface area contributed by atoms with Crippen LogP contribution in [0.5, 0.6) is 0 Å². The average molecular weight is 1780 g/mol. The maximum atomic E-state index is 15.3. The molecule has 44 heteroatoms. The van der Waals surface area contributed by atoms with Gasteiger partial charge in [0.2, 0.25) is 88.6 Å². The second-order valence-electron chi connectivity index (χ2n) is 31.0. The number of aliphatic hydroxyl groups excluding tert-OH is 1. The average Bonchev–Trinajstić information content (AvgIpc) is 1.65. The van der Waals surface area contributed by atoms with E-state index in [4.69, 9.17) is 33.8 Å². The van der Waals surface area contributed by atoms with Crippen molar-refractivity contribution in [3.8, 4) is 0 Å². The SMILES string of the molecule is CC(C)C[C@@H]1NC(=O)[C@@H](CO)NC(=O)[C@H](C)N(C)C(=O)[C@H](Cc2ccccc2)N(C)C(=O)[C@H](Cc2ccccc2)NC(=O)CSC[C@@H](C(=O)NCC(N)=O)NC(=O)[C@H](CCCNC(=N)N)NC(=O)[C@@H](CC(=O)O)NC(=O)[C@H](CCCCN)NC(=O)[C@H](CCCNC(=N)N)NC(=O)[C@H](C)N(C)C(=O)[C@@H](Cc2c[nH]c3ccccc23)NC(=O)[C@H](Cc2cnc[nH]2)NC1=O. The van der Waals surface area contributed by atoms with Crippen molar-refractivity contribution < 1.29 is 86.9 Å². The van der Waals surface area contributed by atoms with Crippen LogP contribution >= 0.6 is 11.8 Å². The van der Waals surface area contributed by atoms with Crippen LogP contribution in [0.3, 0.4) is 0 Å². The lowest BCUT2D eigenvalue weighted by Crippen LogP contribution is -2.61. The van der Waals surface area contributed by atoms with Gasteiger partial charge in [0.15, 0.2) is 11.9 Å². The third-order valence-corrected chi connectivity index (χ3v) is 21.8. The van der Waals surface area contributed by atoms with Crippen molar-refractivity contribution in [3.63, 3.8) is 0 Å². The van der Waals surface area contributed by atoms with Crippen LogP contribution in [0.1, 0.15) is 108 Å². The highest BCUT2D eigenvalue weighted by molar-refractivity contribution is 8.00. The number of nitrogens with two attached hydrogens (primary N) is 4. The largest absolute Gasteiger partial charge is 0.481 e. The standard InChI is InChI=1S/C82H119N25O18S/c1-45(2)32-57-74(119)100-58(36-51-39-89-44-94-51)75(120)102-61(35-50-38-92-53-25-15-14-24-52(50)53)78(123)105(5)46(3)68(113)96-55(27-18-30-90-81(85)86)71(116)97-54(26-16-17-29-83)72(117)101-59(37-67(111)112)76(121)98-56(28-19-31-91-82(87)88)73(118)104-63(70(115)93-40-65(84)109)42-126-43-66(110)95-60(33-48-20-10-8-11-21-48)79(124)107(7)64(34-49-22-12-9-13-23-49)80(125)106(6)47(4)69(114)103-62(41-108)77(122)99-57/h8-15,20-25,38-39,44-47,54-64,92,108H,16-19,26-37,40-43,83H2,1-7H3,(H2,84,109)(H,89,94)(H,93,115)(H,95,110)(H,96,113)(H,97,116)(H,98,121)(H,99,122)(H,100,119)(H,101,117)(H,102,120)(H,103,114)(H,104,118)(H,111,112)(H4,85,86,90)(H4,87,88,91)/t46-,47-,54-,55-,56-,57-,58-,59+,60-,61+,62+,63-,64-/m0/s1. The van der Waals surface area contributed by atoms with E-state index in [0.717, 1.165) is 26.5 Å². The number of unbranched alkanes of at least 4 members (excludes halogenated alkanes) is 1. The van der Waals surface area contributed by atoms with Crippen LogP contribution in [0, 0.1) is 16.7 Å². The van der Waals surface area contributed by atoms with Gasteiger partial charge in [0, 0.05) is 94.7 Å². The minimum Gasteiger partial charge on any atom is -0.481 e. The molecule has 1 fully saturated rings. The number of guanidine groups is 2. The number of thioether (sulfide) groups is 1. The molecular formula is C82H119N25O18S. The molecule has 13 atom stereocenters. The summed E-state index contributed by atoms with van der Waals surface area (Å²) in [5.74, 6) is -18.9. The number of aromatic amines is 2. The Bertz CT molecular complexity index is 4580. The number of carbonyl (C=O) groups excluding carboxylic acids is 15. The van der Waals surface area contributed by atoms with Gasteiger partial charge < -0.3 is 127 Å². The summed E-state index contributed by atoms with van der Waals surface area (Å²) in [6.45, 7) is 4.25. The molecule has 0 aliphatic carbocycles. The molecule has 0 unspecified atom stereocenters. The lowest BCUT2D eigenvalue weighted by Gasteiger charge is -2.35. The summed E-state index contributed by atoms with van der Waals surface area (Å²) in [6, 6.07) is 2.97. The highest BCUT2D eigenvalue weighted by atomic mass is 32.2. The molecule has 43 nitrogen and oxygen atoms in total. The lowest BCUT2D eigenvalue weighted by atomic mass is 10.00. The first-order valence-electron chi connectivity index (χ1n) is 41.1. The van der Waals surface area contributed by atoms with Gasteiger partial charge in [0.25, 0.3) is 0 Å². The minimum atomic E-state index is -2.05. The number of aliphatic hydroxyl groups is 1. The summed E-state index contributed by atoms with van der Waals surface area (Å²) in [7, 11) is 3.83. The molecule has 1 saturated heterocycles. The fraction of sp³-hybridized carbons (Fsp3) is 0.500. The number of benzene rings is 3. The fourth-order valence-corrected chi connectivity index (χ4v) is 14.4. The number of aromatic nitrogens is 3. The zero-order chi connectivity index (χ0) is 92.9.